The van der Waals surface area contributed by atoms with Crippen LogP contribution in [-0.2, 0) is 9.84 Å². The van der Waals surface area contributed by atoms with E-state index in [1.807, 2.05) is 0 Å². The van der Waals surface area contributed by atoms with Crippen LogP contribution >= 0.6 is 0 Å². The van der Waals surface area contributed by atoms with Gasteiger partial charge in [0.1, 0.15) is 5.37 Å². The lowest BCUT2D eigenvalue weighted by molar-refractivity contribution is 0.585. The van der Waals surface area contributed by atoms with Crippen molar-refractivity contribution in [3.8, 4) is 0 Å². The zero-order chi connectivity index (χ0) is 9.90. The Labute approximate surface area is 77.7 Å². The molecule has 13 heavy (non-hydrogen) atoms. The van der Waals surface area contributed by atoms with Gasteiger partial charge in [0, 0.05) is 23.7 Å². The summed E-state index contributed by atoms with van der Waals surface area (Å²) in [6.07, 6.45) is 3.05. The topological polar surface area (TPSA) is 73.0 Å². The summed E-state index contributed by atoms with van der Waals surface area (Å²) >= 11 is 0. The number of pyridine rings is 1. The number of hydrogen-bond donors (Lipinski definition) is 1. The van der Waals surface area contributed by atoms with E-state index in [4.69, 9.17) is 5.73 Å². The summed E-state index contributed by atoms with van der Waals surface area (Å²) in [4.78, 5) is 3.81. The zero-order valence-corrected chi connectivity index (χ0v) is 8.16. The molecule has 72 valence electrons. The summed E-state index contributed by atoms with van der Waals surface area (Å²) in [6.45, 7) is 1.57. The van der Waals surface area contributed by atoms with E-state index in [1.54, 1.807) is 25.3 Å². The lowest BCUT2D eigenvalue weighted by Gasteiger charge is -2.10. The summed E-state index contributed by atoms with van der Waals surface area (Å²) in [5.41, 5.74) is 6.09. The van der Waals surface area contributed by atoms with Crippen molar-refractivity contribution in [3.05, 3.63) is 30.1 Å². The Morgan fingerprint density at radius 3 is 2.77 bits per heavy atom. The number of nitrogens with zero attached hydrogens (tertiary/aromatic N) is 1. The van der Waals surface area contributed by atoms with E-state index in [9.17, 15) is 8.42 Å². The Balaban J connectivity index is 2.99. The van der Waals surface area contributed by atoms with Crippen LogP contribution in [0.4, 0.5) is 0 Å². The van der Waals surface area contributed by atoms with Crippen molar-refractivity contribution in [2.45, 2.75) is 12.3 Å². The highest BCUT2D eigenvalue weighted by atomic mass is 32.2. The van der Waals surface area contributed by atoms with Gasteiger partial charge in [0.25, 0.3) is 0 Å². The second kappa shape index (κ2) is 3.85. The Hall–Kier alpha value is -0.940. The lowest BCUT2D eigenvalue weighted by atomic mass is 10.3. The van der Waals surface area contributed by atoms with Crippen LogP contribution in [0, 0.1) is 0 Å². The molecule has 0 amide bonds. The van der Waals surface area contributed by atoms with Gasteiger partial charge in [-0.15, -0.1) is 0 Å². The molecule has 0 bridgehead atoms. The van der Waals surface area contributed by atoms with Gasteiger partial charge in [-0.2, -0.15) is 0 Å². The highest BCUT2D eigenvalue weighted by molar-refractivity contribution is 7.91. The van der Waals surface area contributed by atoms with Crippen molar-refractivity contribution in [2.75, 3.05) is 5.75 Å². The smallest absolute Gasteiger partial charge is 0.170 e. The maximum Gasteiger partial charge on any atom is 0.170 e. The van der Waals surface area contributed by atoms with Gasteiger partial charge in [0.2, 0.25) is 0 Å². The highest BCUT2D eigenvalue weighted by Crippen LogP contribution is 2.15. The van der Waals surface area contributed by atoms with Crippen molar-refractivity contribution in [3.63, 3.8) is 0 Å². The third kappa shape index (κ3) is 2.26. The summed E-state index contributed by atoms with van der Waals surface area (Å²) in [5, 5.41) is -0.953. The quantitative estimate of drug-likeness (QED) is 0.770. The predicted octanol–water partition coefficient (Wildman–Crippen LogP) is 0.474. The Bertz CT molecular complexity index is 361. The molecule has 1 heterocycles. The van der Waals surface area contributed by atoms with Crippen molar-refractivity contribution < 1.29 is 8.42 Å². The van der Waals surface area contributed by atoms with E-state index >= 15 is 0 Å². The van der Waals surface area contributed by atoms with Crippen molar-refractivity contribution in [1.82, 2.24) is 4.98 Å². The van der Waals surface area contributed by atoms with Gasteiger partial charge in [-0.1, -0.05) is 13.0 Å². The van der Waals surface area contributed by atoms with E-state index in [2.05, 4.69) is 4.98 Å². The van der Waals surface area contributed by atoms with E-state index < -0.39 is 15.2 Å². The highest BCUT2D eigenvalue weighted by Gasteiger charge is 2.20. The van der Waals surface area contributed by atoms with E-state index in [-0.39, 0.29) is 5.75 Å². The fourth-order valence-corrected chi connectivity index (χ4v) is 1.84. The molecule has 2 N–H and O–H groups in total. The first-order chi connectivity index (χ1) is 6.08. The van der Waals surface area contributed by atoms with Gasteiger partial charge in [-0.3, -0.25) is 4.98 Å². The molecule has 1 rings (SSSR count). The number of aromatic nitrogens is 1. The van der Waals surface area contributed by atoms with Crippen LogP contribution < -0.4 is 5.73 Å². The zero-order valence-electron chi connectivity index (χ0n) is 7.34. The lowest BCUT2D eigenvalue weighted by Crippen LogP contribution is -2.23. The number of nitrogens with two attached hydrogens (primary N) is 1. The molecule has 1 atom stereocenters. The Morgan fingerprint density at radius 2 is 2.31 bits per heavy atom. The van der Waals surface area contributed by atoms with Crippen molar-refractivity contribution >= 4 is 9.84 Å². The molecule has 0 aliphatic carbocycles. The van der Waals surface area contributed by atoms with E-state index in [0.717, 1.165) is 0 Å². The molecule has 0 saturated heterocycles. The molecule has 0 spiro atoms. The summed E-state index contributed by atoms with van der Waals surface area (Å²) in [7, 11) is -3.21. The molecule has 0 radical (unpaired) electrons. The number of sulfone groups is 1. The largest absolute Gasteiger partial charge is 0.311 e. The Kier molecular flexibility index (Phi) is 3.00. The first-order valence-corrected chi connectivity index (χ1v) is 5.66. The normalized spacial score (nSPS) is 14.0. The van der Waals surface area contributed by atoms with E-state index in [1.165, 1.54) is 6.20 Å². The molecule has 0 fully saturated rings. The third-order valence-electron chi connectivity index (χ3n) is 1.80. The summed E-state index contributed by atoms with van der Waals surface area (Å²) in [6, 6.07) is 3.32. The van der Waals surface area contributed by atoms with Gasteiger partial charge in [-0.05, 0) is 6.07 Å². The molecular formula is C8H12N2O2S. The molecule has 1 aromatic heterocycles. The minimum absolute atomic E-state index is 0.0447. The first kappa shape index (κ1) is 10.1. The van der Waals surface area contributed by atoms with Gasteiger partial charge >= 0.3 is 0 Å². The third-order valence-corrected chi connectivity index (χ3v) is 3.65. The maximum absolute atomic E-state index is 11.3. The number of hydrogen-bond acceptors (Lipinski definition) is 4. The van der Waals surface area contributed by atoms with Crippen LogP contribution in [0.5, 0.6) is 0 Å². The Morgan fingerprint density at radius 1 is 1.62 bits per heavy atom. The molecular weight excluding hydrogens is 188 g/mol. The van der Waals surface area contributed by atoms with Crippen LogP contribution in [0.1, 0.15) is 17.9 Å². The number of rotatable bonds is 3. The van der Waals surface area contributed by atoms with Crippen LogP contribution in [-0.4, -0.2) is 19.2 Å². The van der Waals surface area contributed by atoms with Gasteiger partial charge in [0.15, 0.2) is 9.84 Å². The fraction of sp³-hybridized carbons (Fsp3) is 0.375. The van der Waals surface area contributed by atoms with Gasteiger partial charge in [0.05, 0.1) is 0 Å². The molecule has 1 aromatic rings. The van der Waals surface area contributed by atoms with Crippen molar-refractivity contribution in [2.24, 2.45) is 5.73 Å². The average molecular weight is 200 g/mol. The minimum atomic E-state index is -3.21. The SMILES string of the molecule is CCS(=O)(=O)C(N)c1cccnc1. The summed E-state index contributed by atoms with van der Waals surface area (Å²) < 4.78 is 22.7. The predicted molar refractivity (Wildman–Crippen MR) is 50.6 cm³/mol. The molecule has 4 nitrogen and oxygen atoms in total. The summed E-state index contributed by atoms with van der Waals surface area (Å²) in [5.74, 6) is 0.0447. The minimum Gasteiger partial charge on any atom is -0.311 e. The van der Waals surface area contributed by atoms with Gasteiger partial charge in [-0.25, -0.2) is 8.42 Å². The van der Waals surface area contributed by atoms with Crippen molar-refractivity contribution in [1.29, 1.82) is 0 Å². The molecule has 0 aromatic carbocycles. The molecule has 1 unspecified atom stereocenters. The molecule has 0 aliphatic heterocycles. The first-order valence-electron chi connectivity index (χ1n) is 3.95. The van der Waals surface area contributed by atoms with Crippen LogP contribution in [0.25, 0.3) is 0 Å². The average Bonchev–Trinajstić information content (AvgIpc) is 2.18. The van der Waals surface area contributed by atoms with Crippen LogP contribution in [0.2, 0.25) is 0 Å². The maximum atomic E-state index is 11.3. The van der Waals surface area contributed by atoms with Crippen LogP contribution in [0.3, 0.4) is 0 Å². The fourth-order valence-electron chi connectivity index (χ4n) is 0.931. The molecule has 5 heteroatoms. The monoisotopic (exact) mass is 200 g/mol. The van der Waals surface area contributed by atoms with Crippen LogP contribution in [0.15, 0.2) is 24.5 Å². The second-order valence-electron chi connectivity index (χ2n) is 2.66. The van der Waals surface area contributed by atoms with Gasteiger partial charge < -0.3 is 5.73 Å². The molecule has 0 saturated carbocycles. The second-order valence-corrected chi connectivity index (χ2v) is 5.07. The standard InChI is InChI=1S/C8H12N2O2S/c1-2-13(11,12)8(9)7-4-3-5-10-6-7/h3-6,8H,2,9H2,1H3. The molecule has 0 aliphatic rings. The van der Waals surface area contributed by atoms with E-state index in [0.29, 0.717) is 5.56 Å².